The lowest BCUT2D eigenvalue weighted by atomic mass is 10.3. The Morgan fingerprint density at radius 1 is 1.35 bits per heavy atom. The van der Waals surface area contributed by atoms with E-state index in [0.717, 1.165) is 23.2 Å². The minimum Gasteiger partial charge on any atom is -0.345 e. The Morgan fingerprint density at radius 3 is 2.95 bits per heavy atom. The minimum absolute atomic E-state index is 0.0336. The van der Waals surface area contributed by atoms with E-state index in [2.05, 4.69) is 33.5 Å². The summed E-state index contributed by atoms with van der Waals surface area (Å²) in [5.41, 5.74) is 1.98. The Bertz CT molecular complexity index is 580. The molecule has 1 aromatic carbocycles. The molecular formula is C15H18BrN3O. The summed E-state index contributed by atoms with van der Waals surface area (Å²) < 4.78 is 2.84. The molecule has 1 heterocycles. The molecule has 0 fully saturated rings. The maximum absolute atomic E-state index is 12.0. The molecule has 1 amide bonds. The van der Waals surface area contributed by atoms with Gasteiger partial charge in [0.25, 0.3) is 0 Å². The second kappa shape index (κ2) is 7.26. The zero-order valence-electron chi connectivity index (χ0n) is 11.4. The first-order chi connectivity index (χ1) is 9.67. The predicted molar refractivity (Wildman–Crippen MR) is 84.6 cm³/mol. The van der Waals surface area contributed by atoms with Crippen LogP contribution in [0.3, 0.4) is 0 Å². The second-order valence-electron chi connectivity index (χ2n) is 4.53. The van der Waals surface area contributed by atoms with Gasteiger partial charge >= 0.3 is 0 Å². The van der Waals surface area contributed by atoms with Crippen molar-refractivity contribution in [1.29, 1.82) is 0 Å². The van der Waals surface area contributed by atoms with E-state index < -0.39 is 0 Å². The third kappa shape index (κ3) is 4.51. The number of rotatable bonds is 6. The van der Waals surface area contributed by atoms with E-state index in [0.29, 0.717) is 6.54 Å². The van der Waals surface area contributed by atoms with Crippen molar-refractivity contribution in [1.82, 2.24) is 9.88 Å². The van der Waals surface area contributed by atoms with Gasteiger partial charge in [-0.2, -0.15) is 0 Å². The molecule has 106 valence electrons. The molecule has 5 heteroatoms. The number of carbonyl (C=O) groups excluding carboxylic acids is 1. The molecule has 0 saturated heterocycles. The number of hydrogen-bond acceptors (Lipinski definition) is 2. The van der Waals surface area contributed by atoms with Gasteiger partial charge < -0.3 is 15.2 Å². The third-order valence-corrected chi connectivity index (χ3v) is 3.32. The lowest BCUT2D eigenvalue weighted by molar-refractivity contribution is -0.116. The molecule has 2 rings (SSSR count). The molecule has 0 saturated carbocycles. The fourth-order valence-electron chi connectivity index (χ4n) is 1.90. The van der Waals surface area contributed by atoms with Gasteiger partial charge in [0.05, 0.1) is 0 Å². The maximum Gasteiger partial charge on any atom is 0.244 e. The molecule has 4 nitrogen and oxygen atoms in total. The molecule has 2 aromatic rings. The van der Waals surface area contributed by atoms with Crippen molar-refractivity contribution in [3.63, 3.8) is 0 Å². The Kier molecular flexibility index (Phi) is 5.38. The predicted octanol–water partition coefficient (Wildman–Crippen LogP) is 3.00. The van der Waals surface area contributed by atoms with E-state index in [-0.39, 0.29) is 5.91 Å². The summed E-state index contributed by atoms with van der Waals surface area (Å²) in [6, 6.07) is 9.59. The van der Waals surface area contributed by atoms with Gasteiger partial charge in [-0.3, -0.25) is 4.79 Å². The zero-order chi connectivity index (χ0) is 14.4. The van der Waals surface area contributed by atoms with Crippen molar-refractivity contribution in [2.45, 2.75) is 20.0 Å². The normalized spacial score (nSPS) is 10.5. The van der Waals surface area contributed by atoms with Crippen LogP contribution in [0.5, 0.6) is 0 Å². The van der Waals surface area contributed by atoms with Crippen LogP contribution < -0.4 is 10.6 Å². The van der Waals surface area contributed by atoms with E-state index in [1.54, 1.807) is 0 Å². The van der Waals surface area contributed by atoms with Crippen LogP contribution in [0.2, 0.25) is 0 Å². The van der Waals surface area contributed by atoms with E-state index in [9.17, 15) is 4.79 Å². The molecule has 0 bridgehead atoms. The summed E-state index contributed by atoms with van der Waals surface area (Å²) in [5.74, 6) is -0.0336. The van der Waals surface area contributed by atoms with E-state index in [1.165, 1.54) is 5.56 Å². The van der Waals surface area contributed by atoms with Crippen LogP contribution in [-0.4, -0.2) is 17.0 Å². The number of benzene rings is 1. The summed E-state index contributed by atoms with van der Waals surface area (Å²) >= 11 is 3.38. The number of anilines is 1. The molecule has 0 atom stereocenters. The molecule has 0 aliphatic heterocycles. The molecule has 0 aliphatic rings. The van der Waals surface area contributed by atoms with Crippen LogP contribution >= 0.6 is 15.9 Å². The Hall–Kier alpha value is -1.59. The first-order valence-corrected chi connectivity index (χ1v) is 7.37. The molecule has 20 heavy (non-hydrogen) atoms. The number of nitrogens with zero attached hydrogens (tertiary/aromatic N) is 1. The first kappa shape index (κ1) is 14.8. The quantitative estimate of drug-likeness (QED) is 0.852. The van der Waals surface area contributed by atoms with Crippen molar-refractivity contribution in [3.8, 4) is 0 Å². The lowest BCUT2D eigenvalue weighted by Crippen LogP contribution is -2.18. The topological polar surface area (TPSA) is 46.1 Å². The fraction of sp³-hybridized carbons (Fsp3) is 0.267. The highest BCUT2D eigenvalue weighted by atomic mass is 79.9. The summed E-state index contributed by atoms with van der Waals surface area (Å²) in [4.78, 5) is 12.0. The smallest absolute Gasteiger partial charge is 0.244 e. The van der Waals surface area contributed by atoms with Gasteiger partial charge in [0.2, 0.25) is 5.91 Å². The Balaban J connectivity index is 1.89. The van der Waals surface area contributed by atoms with Crippen molar-refractivity contribution in [2.75, 3.05) is 11.9 Å². The Morgan fingerprint density at radius 2 is 2.20 bits per heavy atom. The summed E-state index contributed by atoms with van der Waals surface area (Å²) in [6.45, 7) is 4.16. The van der Waals surface area contributed by atoms with Crippen LogP contribution in [0.4, 0.5) is 5.69 Å². The van der Waals surface area contributed by atoms with Gasteiger partial charge in [0, 0.05) is 29.1 Å². The minimum atomic E-state index is -0.0336. The maximum atomic E-state index is 12.0. The Labute approximate surface area is 127 Å². The number of amides is 1. The van der Waals surface area contributed by atoms with Crippen molar-refractivity contribution >= 4 is 27.5 Å². The van der Waals surface area contributed by atoms with Crippen molar-refractivity contribution in [3.05, 3.63) is 52.8 Å². The van der Waals surface area contributed by atoms with Crippen LogP contribution in [0.15, 0.2) is 47.2 Å². The lowest BCUT2D eigenvalue weighted by Gasteiger charge is -2.06. The average molecular weight is 336 g/mol. The van der Waals surface area contributed by atoms with Crippen molar-refractivity contribution in [2.24, 2.45) is 0 Å². The van der Waals surface area contributed by atoms with Crippen LogP contribution in [0.1, 0.15) is 12.5 Å². The summed E-state index contributed by atoms with van der Waals surface area (Å²) in [6.07, 6.45) is 3.91. The van der Waals surface area contributed by atoms with E-state index in [4.69, 9.17) is 0 Å². The highest BCUT2D eigenvalue weighted by Gasteiger charge is 2.04. The van der Waals surface area contributed by atoms with Crippen LogP contribution in [0, 0.1) is 0 Å². The summed E-state index contributed by atoms with van der Waals surface area (Å²) in [7, 11) is 0. The molecule has 1 aromatic heterocycles. The molecular weight excluding hydrogens is 318 g/mol. The molecule has 0 radical (unpaired) electrons. The van der Waals surface area contributed by atoms with Crippen LogP contribution in [-0.2, 0) is 17.9 Å². The largest absolute Gasteiger partial charge is 0.345 e. The zero-order valence-corrected chi connectivity index (χ0v) is 13.0. The highest BCUT2D eigenvalue weighted by molar-refractivity contribution is 9.10. The molecule has 2 N–H and O–H groups in total. The van der Waals surface area contributed by atoms with E-state index in [1.807, 2.05) is 47.3 Å². The van der Waals surface area contributed by atoms with E-state index >= 15 is 0 Å². The number of nitrogens with one attached hydrogen (secondary N) is 2. The average Bonchev–Trinajstić information content (AvgIpc) is 2.83. The highest BCUT2D eigenvalue weighted by Crippen LogP contribution is 2.15. The number of halogens is 1. The van der Waals surface area contributed by atoms with Gasteiger partial charge in [-0.05, 0) is 36.4 Å². The van der Waals surface area contributed by atoms with Gasteiger partial charge in [-0.1, -0.05) is 28.9 Å². The fourth-order valence-corrected chi connectivity index (χ4v) is 2.29. The van der Waals surface area contributed by atoms with Crippen molar-refractivity contribution < 1.29 is 4.79 Å². The molecule has 0 unspecified atom stereocenters. The monoisotopic (exact) mass is 335 g/mol. The number of aromatic nitrogens is 1. The second-order valence-corrected chi connectivity index (χ2v) is 5.45. The third-order valence-electron chi connectivity index (χ3n) is 2.83. The van der Waals surface area contributed by atoms with Gasteiger partial charge in [-0.15, -0.1) is 0 Å². The number of carbonyl (C=O) groups is 1. The standard InChI is InChI=1S/C15H18BrN3O/c1-2-17-9-12-6-7-19(10-12)11-15(20)18-14-5-3-4-13(16)8-14/h3-8,10,17H,2,9,11H2,1H3,(H,18,20). The summed E-state index contributed by atoms with van der Waals surface area (Å²) in [5, 5.41) is 6.14. The van der Waals surface area contributed by atoms with Crippen LogP contribution in [0.25, 0.3) is 0 Å². The first-order valence-electron chi connectivity index (χ1n) is 6.58. The van der Waals surface area contributed by atoms with Gasteiger partial charge in [0.15, 0.2) is 0 Å². The van der Waals surface area contributed by atoms with Gasteiger partial charge in [0.1, 0.15) is 6.54 Å². The SMILES string of the molecule is CCNCc1ccn(CC(=O)Nc2cccc(Br)c2)c1. The number of hydrogen-bond donors (Lipinski definition) is 2. The molecule has 0 aliphatic carbocycles. The van der Waals surface area contributed by atoms with Gasteiger partial charge in [-0.25, -0.2) is 0 Å². The molecule has 0 spiro atoms.